The van der Waals surface area contributed by atoms with Crippen molar-refractivity contribution in [1.29, 1.82) is 0 Å². The van der Waals surface area contributed by atoms with Gasteiger partial charge in [0.2, 0.25) is 0 Å². The first kappa shape index (κ1) is 28.5. The van der Waals surface area contributed by atoms with Gasteiger partial charge < -0.3 is 4.74 Å². The van der Waals surface area contributed by atoms with E-state index in [1.54, 1.807) is 0 Å². The van der Waals surface area contributed by atoms with Gasteiger partial charge in [-0.25, -0.2) is 4.79 Å². The maximum atomic E-state index is 13.3. The Balaban J connectivity index is 2.33. The molecular weight excluding hydrogens is 412 g/mol. The SMILES string of the molecule is CC(C)(C)C1CCCCC1(OOC(=O)OC1(C(C)(C)C)CCCCC1C(C)(C)C)C(C)(C)C. The van der Waals surface area contributed by atoms with E-state index in [1.165, 1.54) is 12.8 Å². The fourth-order valence-corrected chi connectivity index (χ4v) is 7.12. The highest BCUT2D eigenvalue weighted by Crippen LogP contribution is 2.56. The Hall–Kier alpha value is -0.770. The molecule has 0 heterocycles. The molecule has 0 radical (unpaired) electrons. The molecule has 0 aromatic rings. The number of ether oxygens (including phenoxy) is 1. The van der Waals surface area contributed by atoms with Gasteiger partial charge in [-0.15, -0.1) is 0 Å². The minimum Gasteiger partial charge on any atom is -0.425 e. The van der Waals surface area contributed by atoms with Crippen molar-refractivity contribution in [2.45, 2.75) is 146 Å². The van der Waals surface area contributed by atoms with Gasteiger partial charge in [0.15, 0.2) is 0 Å². The Morgan fingerprint density at radius 3 is 1.42 bits per heavy atom. The average molecular weight is 467 g/mol. The lowest BCUT2D eigenvalue weighted by Gasteiger charge is -2.56. The molecule has 0 spiro atoms. The van der Waals surface area contributed by atoms with Crippen LogP contribution >= 0.6 is 0 Å². The normalized spacial score (nSPS) is 32.4. The van der Waals surface area contributed by atoms with E-state index in [9.17, 15) is 4.79 Å². The molecule has 4 nitrogen and oxygen atoms in total. The molecule has 4 unspecified atom stereocenters. The van der Waals surface area contributed by atoms with Crippen LogP contribution in [0.25, 0.3) is 0 Å². The highest BCUT2D eigenvalue weighted by molar-refractivity contribution is 5.60. The van der Waals surface area contributed by atoms with Gasteiger partial charge in [-0.05, 0) is 54.3 Å². The molecule has 0 aliphatic heterocycles. The van der Waals surface area contributed by atoms with Crippen LogP contribution in [0.3, 0.4) is 0 Å². The summed E-state index contributed by atoms with van der Waals surface area (Å²) in [4.78, 5) is 25.3. The molecule has 0 N–H and O–H groups in total. The molecule has 194 valence electrons. The summed E-state index contributed by atoms with van der Waals surface area (Å²) in [6.07, 6.45) is 7.73. The van der Waals surface area contributed by atoms with Crippen LogP contribution in [0, 0.1) is 33.5 Å². The molecule has 4 atom stereocenters. The van der Waals surface area contributed by atoms with Crippen LogP contribution in [0.5, 0.6) is 0 Å². The maximum Gasteiger partial charge on any atom is 0.541 e. The van der Waals surface area contributed by atoms with Crippen molar-refractivity contribution in [2.24, 2.45) is 33.5 Å². The Labute approximate surface area is 204 Å². The summed E-state index contributed by atoms with van der Waals surface area (Å²) in [6.45, 7) is 26.8. The van der Waals surface area contributed by atoms with E-state index < -0.39 is 17.4 Å². The zero-order chi connectivity index (χ0) is 25.5. The lowest BCUT2D eigenvalue weighted by molar-refractivity contribution is -0.384. The predicted octanol–water partition coefficient (Wildman–Crippen LogP) is 9.11. The molecule has 2 aliphatic carbocycles. The molecule has 4 heteroatoms. The summed E-state index contributed by atoms with van der Waals surface area (Å²) < 4.78 is 6.37. The third-order valence-corrected chi connectivity index (χ3v) is 8.86. The van der Waals surface area contributed by atoms with Crippen molar-refractivity contribution < 1.29 is 19.3 Å². The molecule has 0 aromatic heterocycles. The second-order valence-corrected chi connectivity index (χ2v) is 15.1. The van der Waals surface area contributed by atoms with E-state index in [0.29, 0.717) is 5.92 Å². The van der Waals surface area contributed by atoms with Gasteiger partial charge in [-0.3, -0.25) is 4.89 Å². The van der Waals surface area contributed by atoms with Crippen LogP contribution in [-0.2, 0) is 14.5 Å². The number of rotatable bonds is 3. The van der Waals surface area contributed by atoms with Gasteiger partial charge in [0.25, 0.3) is 0 Å². The molecular formula is C29H54O4. The van der Waals surface area contributed by atoms with Gasteiger partial charge in [-0.1, -0.05) is 102 Å². The number of carbonyl (C=O) groups is 1. The molecule has 0 amide bonds. The second-order valence-electron chi connectivity index (χ2n) is 15.1. The average Bonchev–Trinajstić information content (AvgIpc) is 2.63. The van der Waals surface area contributed by atoms with E-state index in [0.717, 1.165) is 38.5 Å². The van der Waals surface area contributed by atoms with E-state index >= 15 is 0 Å². The van der Waals surface area contributed by atoms with Crippen LogP contribution < -0.4 is 0 Å². The molecule has 0 saturated heterocycles. The molecule has 2 aliphatic rings. The molecule has 33 heavy (non-hydrogen) atoms. The van der Waals surface area contributed by atoms with Gasteiger partial charge in [0.1, 0.15) is 11.2 Å². The first-order valence-electron chi connectivity index (χ1n) is 13.4. The summed E-state index contributed by atoms with van der Waals surface area (Å²) in [5.41, 5.74) is -1.41. The summed E-state index contributed by atoms with van der Waals surface area (Å²) in [5, 5.41) is 0. The minimum atomic E-state index is -0.678. The topological polar surface area (TPSA) is 44.8 Å². The first-order chi connectivity index (χ1) is 14.8. The summed E-state index contributed by atoms with van der Waals surface area (Å²) in [5.74, 6) is 0.556. The summed E-state index contributed by atoms with van der Waals surface area (Å²) in [6, 6.07) is 0. The molecule has 0 aromatic carbocycles. The lowest BCUT2D eigenvalue weighted by atomic mass is 9.55. The zero-order valence-corrected chi connectivity index (χ0v) is 23.9. The Kier molecular flexibility index (Phi) is 8.07. The van der Waals surface area contributed by atoms with Crippen LogP contribution in [0.15, 0.2) is 0 Å². The van der Waals surface area contributed by atoms with Crippen molar-refractivity contribution in [3.05, 3.63) is 0 Å². The van der Waals surface area contributed by atoms with Crippen molar-refractivity contribution in [2.75, 3.05) is 0 Å². The molecule has 0 bridgehead atoms. The van der Waals surface area contributed by atoms with E-state index in [2.05, 4.69) is 83.1 Å². The Bertz CT molecular complexity index is 670. The fraction of sp³-hybridized carbons (Fsp3) is 0.966. The van der Waals surface area contributed by atoms with Gasteiger partial charge >= 0.3 is 6.16 Å². The standard InChI is InChI=1S/C29H54O4/c1-24(2,3)21-17-13-15-19-28(21,26(7,8)9)31-23(30)32-33-29(27(10,11)12)20-16-14-18-22(29)25(4,5)6/h21-22H,13-20H2,1-12H3. The molecule has 2 fully saturated rings. The van der Waals surface area contributed by atoms with Crippen LogP contribution in [0.2, 0.25) is 0 Å². The third-order valence-electron chi connectivity index (χ3n) is 8.86. The van der Waals surface area contributed by atoms with E-state index in [-0.39, 0.29) is 27.6 Å². The van der Waals surface area contributed by atoms with Crippen molar-refractivity contribution >= 4 is 6.16 Å². The predicted molar refractivity (Wildman–Crippen MR) is 136 cm³/mol. The lowest BCUT2D eigenvalue weighted by Crippen LogP contribution is -2.59. The van der Waals surface area contributed by atoms with Crippen LogP contribution in [0.4, 0.5) is 4.79 Å². The van der Waals surface area contributed by atoms with Crippen LogP contribution in [-0.4, -0.2) is 17.4 Å². The van der Waals surface area contributed by atoms with Gasteiger partial charge in [-0.2, -0.15) is 4.89 Å². The number of hydrogen-bond acceptors (Lipinski definition) is 4. The van der Waals surface area contributed by atoms with E-state index in [4.69, 9.17) is 14.5 Å². The highest BCUT2D eigenvalue weighted by Gasteiger charge is 2.58. The quantitative estimate of drug-likeness (QED) is 0.236. The van der Waals surface area contributed by atoms with E-state index in [1.807, 2.05) is 0 Å². The maximum absolute atomic E-state index is 13.3. The smallest absolute Gasteiger partial charge is 0.425 e. The Morgan fingerprint density at radius 1 is 0.636 bits per heavy atom. The zero-order valence-electron chi connectivity index (χ0n) is 23.9. The van der Waals surface area contributed by atoms with Gasteiger partial charge in [0, 0.05) is 11.3 Å². The monoisotopic (exact) mass is 466 g/mol. The third kappa shape index (κ3) is 5.73. The fourth-order valence-electron chi connectivity index (χ4n) is 7.12. The number of hydrogen-bond donors (Lipinski definition) is 0. The summed E-state index contributed by atoms with van der Waals surface area (Å²) in [7, 11) is 0. The van der Waals surface area contributed by atoms with Crippen molar-refractivity contribution in [3.63, 3.8) is 0 Å². The van der Waals surface area contributed by atoms with Crippen molar-refractivity contribution in [1.82, 2.24) is 0 Å². The number of carbonyl (C=O) groups excluding carboxylic acids is 1. The van der Waals surface area contributed by atoms with Gasteiger partial charge in [0.05, 0.1) is 0 Å². The Morgan fingerprint density at radius 2 is 1.03 bits per heavy atom. The van der Waals surface area contributed by atoms with Crippen molar-refractivity contribution in [3.8, 4) is 0 Å². The second kappa shape index (κ2) is 9.36. The first-order valence-corrected chi connectivity index (χ1v) is 13.4. The molecule has 2 rings (SSSR count). The summed E-state index contributed by atoms with van der Waals surface area (Å²) >= 11 is 0. The minimum absolute atomic E-state index is 0.0299. The highest BCUT2D eigenvalue weighted by atomic mass is 17.2. The largest absolute Gasteiger partial charge is 0.541 e. The molecule has 2 saturated carbocycles. The van der Waals surface area contributed by atoms with Crippen LogP contribution in [0.1, 0.15) is 134 Å².